The van der Waals surface area contributed by atoms with Gasteiger partial charge in [-0.2, -0.15) is 0 Å². The van der Waals surface area contributed by atoms with E-state index in [0.717, 1.165) is 12.0 Å². The highest BCUT2D eigenvalue weighted by atomic mass is 19.1. The van der Waals surface area contributed by atoms with Crippen LogP contribution in [0.25, 0.3) is 0 Å². The second-order valence-electron chi connectivity index (χ2n) is 5.37. The predicted molar refractivity (Wildman–Crippen MR) is 73.6 cm³/mol. The van der Waals surface area contributed by atoms with Gasteiger partial charge >= 0.3 is 0 Å². The molecule has 0 spiro atoms. The van der Waals surface area contributed by atoms with Crippen LogP contribution < -0.4 is 5.73 Å². The standard InChI is InChI=1S/C15H21FN2O/c1-10-4-2-3-5-14(10)19-9-11-6-12(15(17)18)8-13(16)7-11/h6-8,10,14H,2-5,9H2,1H3,(H3,17,18). The van der Waals surface area contributed by atoms with Crippen molar-refractivity contribution in [2.24, 2.45) is 11.7 Å². The van der Waals surface area contributed by atoms with Gasteiger partial charge in [0.1, 0.15) is 11.7 Å². The van der Waals surface area contributed by atoms with Gasteiger partial charge in [0.05, 0.1) is 12.7 Å². The number of nitrogen functional groups attached to an aromatic ring is 1. The largest absolute Gasteiger partial charge is 0.384 e. The van der Waals surface area contributed by atoms with Crippen LogP contribution in [-0.4, -0.2) is 11.9 Å². The van der Waals surface area contributed by atoms with Crippen LogP contribution >= 0.6 is 0 Å². The van der Waals surface area contributed by atoms with Crippen molar-refractivity contribution in [3.05, 3.63) is 35.1 Å². The van der Waals surface area contributed by atoms with Crippen molar-refractivity contribution in [1.82, 2.24) is 0 Å². The molecule has 0 bridgehead atoms. The first-order valence-electron chi connectivity index (χ1n) is 6.81. The highest BCUT2D eigenvalue weighted by Crippen LogP contribution is 2.27. The maximum absolute atomic E-state index is 13.4. The monoisotopic (exact) mass is 264 g/mol. The molecule has 3 nitrogen and oxygen atoms in total. The lowest BCUT2D eigenvalue weighted by Crippen LogP contribution is -2.25. The van der Waals surface area contributed by atoms with E-state index in [0.29, 0.717) is 18.1 Å². The number of nitrogens with two attached hydrogens (primary N) is 1. The van der Waals surface area contributed by atoms with E-state index >= 15 is 0 Å². The van der Waals surface area contributed by atoms with E-state index in [4.69, 9.17) is 15.9 Å². The van der Waals surface area contributed by atoms with Crippen LogP contribution in [0.4, 0.5) is 4.39 Å². The molecule has 0 aliphatic heterocycles. The van der Waals surface area contributed by atoms with Gasteiger partial charge in [0.15, 0.2) is 0 Å². The van der Waals surface area contributed by atoms with Gasteiger partial charge in [0.2, 0.25) is 0 Å². The van der Waals surface area contributed by atoms with E-state index in [-0.39, 0.29) is 17.8 Å². The summed E-state index contributed by atoms with van der Waals surface area (Å²) >= 11 is 0. The SMILES string of the molecule is CC1CCCCC1OCc1cc(F)cc(C(=N)N)c1. The Balaban J connectivity index is 2.00. The van der Waals surface area contributed by atoms with Gasteiger partial charge < -0.3 is 10.5 Å². The van der Waals surface area contributed by atoms with E-state index in [2.05, 4.69) is 6.92 Å². The fourth-order valence-electron chi connectivity index (χ4n) is 2.62. The van der Waals surface area contributed by atoms with Crippen molar-refractivity contribution in [2.75, 3.05) is 0 Å². The maximum atomic E-state index is 13.4. The lowest BCUT2D eigenvalue weighted by atomic mass is 9.88. The summed E-state index contributed by atoms with van der Waals surface area (Å²) in [5, 5.41) is 7.36. The number of hydrogen-bond acceptors (Lipinski definition) is 2. The first-order valence-corrected chi connectivity index (χ1v) is 6.81. The fourth-order valence-corrected chi connectivity index (χ4v) is 2.62. The fraction of sp³-hybridized carbons (Fsp3) is 0.533. The van der Waals surface area contributed by atoms with Gasteiger partial charge in [-0.15, -0.1) is 0 Å². The number of halogens is 1. The zero-order valence-electron chi connectivity index (χ0n) is 11.3. The second kappa shape index (κ2) is 6.15. The lowest BCUT2D eigenvalue weighted by Gasteiger charge is -2.28. The second-order valence-corrected chi connectivity index (χ2v) is 5.37. The maximum Gasteiger partial charge on any atom is 0.124 e. The Hall–Kier alpha value is -1.42. The molecule has 2 atom stereocenters. The summed E-state index contributed by atoms with van der Waals surface area (Å²) < 4.78 is 19.3. The zero-order valence-corrected chi connectivity index (χ0v) is 11.3. The average molecular weight is 264 g/mol. The van der Waals surface area contributed by atoms with Crippen LogP contribution in [0.3, 0.4) is 0 Å². The van der Waals surface area contributed by atoms with Gasteiger partial charge in [-0.1, -0.05) is 19.8 Å². The van der Waals surface area contributed by atoms with E-state index < -0.39 is 0 Å². The molecule has 1 fully saturated rings. The van der Waals surface area contributed by atoms with Gasteiger partial charge in [-0.05, 0) is 42.5 Å². The number of ether oxygens (including phenoxy) is 1. The first kappa shape index (κ1) is 14.0. The van der Waals surface area contributed by atoms with Crippen molar-refractivity contribution >= 4 is 5.84 Å². The van der Waals surface area contributed by atoms with Crippen LogP contribution in [0.15, 0.2) is 18.2 Å². The molecule has 2 unspecified atom stereocenters. The number of rotatable bonds is 4. The minimum atomic E-state index is -0.372. The quantitative estimate of drug-likeness (QED) is 0.648. The topological polar surface area (TPSA) is 59.1 Å². The average Bonchev–Trinajstić information content (AvgIpc) is 2.37. The highest BCUT2D eigenvalue weighted by molar-refractivity contribution is 5.95. The Bertz CT molecular complexity index is 461. The number of nitrogens with one attached hydrogen (secondary N) is 1. The molecule has 0 saturated heterocycles. The Morgan fingerprint density at radius 3 is 2.79 bits per heavy atom. The molecule has 1 saturated carbocycles. The molecule has 3 N–H and O–H groups in total. The molecule has 0 heterocycles. The molecular weight excluding hydrogens is 243 g/mol. The summed E-state index contributed by atoms with van der Waals surface area (Å²) in [5.41, 5.74) is 6.54. The van der Waals surface area contributed by atoms with Crippen molar-refractivity contribution < 1.29 is 9.13 Å². The van der Waals surface area contributed by atoms with Crippen LogP contribution in [0.2, 0.25) is 0 Å². The molecule has 0 radical (unpaired) electrons. The predicted octanol–water partition coefficient (Wildman–Crippen LogP) is 3.21. The highest BCUT2D eigenvalue weighted by Gasteiger charge is 2.21. The Morgan fingerprint density at radius 2 is 2.11 bits per heavy atom. The van der Waals surface area contributed by atoms with E-state index in [1.807, 2.05) is 0 Å². The molecule has 1 aromatic carbocycles. The molecule has 0 amide bonds. The Labute approximate surface area is 113 Å². The molecule has 1 aliphatic rings. The molecule has 0 aromatic heterocycles. The molecule has 1 aliphatic carbocycles. The van der Waals surface area contributed by atoms with E-state index in [9.17, 15) is 4.39 Å². The summed E-state index contributed by atoms with van der Waals surface area (Å²) in [7, 11) is 0. The van der Waals surface area contributed by atoms with Crippen molar-refractivity contribution in [3.8, 4) is 0 Å². The summed E-state index contributed by atoms with van der Waals surface area (Å²) in [4.78, 5) is 0. The molecular formula is C15H21FN2O. The Kier molecular flexibility index (Phi) is 4.53. The zero-order chi connectivity index (χ0) is 13.8. The van der Waals surface area contributed by atoms with E-state index in [1.165, 1.54) is 31.4 Å². The van der Waals surface area contributed by atoms with Crippen molar-refractivity contribution in [3.63, 3.8) is 0 Å². The van der Waals surface area contributed by atoms with Crippen molar-refractivity contribution in [1.29, 1.82) is 5.41 Å². The Morgan fingerprint density at radius 1 is 1.37 bits per heavy atom. The summed E-state index contributed by atoms with van der Waals surface area (Å²) in [5.74, 6) is 0.0735. The minimum Gasteiger partial charge on any atom is -0.384 e. The number of amidine groups is 1. The summed E-state index contributed by atoms with van der Waals surface area (Å²) in [6, 6.07) is 4.44. The molecule has 104 valence electrons. The smallest absolute Gasteiger partial charge is 0.124 e. The third kappa shape index (κ3) is 3.77. The number of hydrogen-bond donors (Lipinski definition) is 2. The first-order chi connectivity index (χ1) is 9.06. The van der Waals surface area contributed by atoms with Crippen LogP contribution in [0, 0.1) is 17.1 Å². The summed E-state index contributed by atoms with van der Waals surface area (Å²) in [6.07, 6.45) is 5.02. The number of benzene rings is 1. The molecule has 4 heteroatoms. The van der Waals surface area contributed by atoms with Gasteiger partial charge in [-0.25, -0.2) is 4.39 Å². The van der Waals surface area contributed by atoms with Crippen LogP contribution in [-0.2, 0) is 11.3 Å². The van der Waals surface area contributed by atoms with Crippen molar-refractivity contribution in [2.45, 2.75) is 45.3 Å². The summed E-state index contributed by atoms with van der Waals surface area (Å²) in [6.45, 7) is 2.59. The van der Waals surface area contributed by atoms with Crippen LogP contribution in [0.1, 0.15) is 43.7 Å². The molecule has 2 rings (SSSR count). The third-order valence-electron chi connectivity index (χ3n) is 3.77. The van der Waals surface area contributed by atoms with Crippen LogP contribution in [0.5, 0.6) is 0 Å². The van der Waals surface area contributed by atoms with E-state index in [1.54, 1.807) is 6.07 Å². The molecule has 19 heavy (non-hydrogen) atoms. The van der Waals surface area contributed by atoms with Gasteiger partial charge in [-0.3, -0.25) is 5.41 Å². The third-order valence-corrected chi connectivity index (χ3v) is 3.77. The van der Waals surface area contributed by atoms with Gasteiger partial charge in [0, 0.05) is 5.56 Å². The van der Waals surface area contributed by atoms with Gasteiger partial charge in [0.25, 0.3) is 0 Å². The minimum absolute atomic E-state index is 0.119. The molecule has 1 aromatic rings. The lowest BCUT2D eigenvalue weighted by molar-refractivity contribution is -0.0155. The normalized spacial score (nSPS) is 23.3.